The van der Waals surface area contributed by atoms with Crippen molar-refractivity contribution in [3.05, 3.63) is 36.2 Å². The van der Waals surface area contributed by atoms with E-state index >= 15 is 0 Å². The lowest BCUT2D eigenvalue weighted by atomic mass is 10.2. The van der Waals surface area contributed by atoms with E-state index in [1.54, 1.807) is 0 Å². The number of benzene rings is 1. The smallest absolute Gasteiger partial charge is 0.257 e. The van der Waals surface area contributed by atoms with Crippen molar-refractivity contribution in [3.63, 3.8) is 0 Å². The van der Waals surface area contributed by atoms with Crippen molar-refractivity contribution >= 4 is 16.9 Å². The van der Waals surface area contributed by atoms with Gasteiger partial charge in [-0.05, 0) is 12.1 Å². The molecule has 0 fully saturated rings. The Labute approximate surface area is 102 Å². The summed E-state index contributed by atoms with van der Waals surface area (Å²) in [6, 6.07) is 9.55. The summed E-state index contributed by atoms with van der Waals surface area (Å²) in [6.07, 6.45) is 0. The molecule has 1 aromatic carbocycles. The van der Waals surface area contributed by atoms with Crippen molar-refractivity contribution in [2.45, 2.75) is 5.75 Å². The van der Waals surface area contributed by atoms with Crippen LogP contribution in [0.25, 0.3) is 11.5 Å². The van der Waals surface area contributed by atoms with Crippen LogP contribution in [0.1, 0.15) is 5.82 Å². The van der Waals surface area contributed by atoms with Crippen LogP contribution in [-0.4, -0.2) is 15.3 Å². The van der Waals surface area contributed by atoms with Gasteiger partial charge in [-0.3, -0.25) is 0 Å². The molecule has 0 aliphatic heterocycles. The van der Waals surface area contributed by atoms with Gasteiger partial charge in [0.25, 0.3) is 5.89 Å². The third kappa shape index (κ3) is 2.97. The van der Waals surface area contributed by atoms with E-state index in [1.165, 1.54) is 11.8 Å². The second-order valence-electron chi connectivity index (χ2n) is 3.14. The summed E-state index contributed by atoms with van der Waals surface area (Å²) in [7, 11) is 0. The zero-order valence-corrected chi connectivity index (χ0v) is 9.72. The summed E-state index contributed by atoms with van der Waals surface area (Å²) in [6.45, 7) is 0. The Bertz CT molecular complexity index is 510. The number of hydrazone groups is 1. The number of amidine groups is 1. The lowest BCUT2D eigenvalue weighted by Gasteiger charge is -1.93. The minimum absolute atomic E-state index is 0.288. The number of nitrogens with zero attached hydrogens (tertiary/aromatic N) is 3. The molecular formula is C10H11N5OS. The van der Waals surface area contributed by atoms with Crippen molar-refractivity contribution in [2.24, 2.45) is 16.7 Å². The Morgan fingerprint density at radius 2 is 2.12 bits per heavy atom. The third-order valence-electron chi connectivity index (χ3n) is 1.97. The Balaban J connectivity index is 2.06. The normalized spacial score (nSPS) is 11.6. The molecule has 0 saturated heterocycles. The molecule has 0 aliphatic rings. The lowest BCUT2D eigenvalue weighted by Crippen LogP contribution is -2.09. The van der Waals surface area contributed by atoms with E-state index in [-0.39, 0.29) is 5.17 Å². The van der Waals surface area contributed by atoms with Crippen LogP contribution >= 0.6 is 11.8 Å². The molecule has 6 nitrogen and oxygen atoms in total. The number of aromatic nitrogens is 2. The second kappa shape index (κ2) is 5.35. The maximum atomic E-state index is 5.44. The van der Waals surface area contributed by atoms with E-state index in [2.05, 4.69) is 15.2 Å². The molecule has 17 heavy (non-hydrogen) atoms. The van der Waals surface area contributed by atoms with E-state index in [1.807, 2.05) is 30.3 Å². The van der Waals surface area contributed by atoms with E-state index < -0.39 is 0 Å². The molecule has 0 atom stereocenters. The molecule has 0 amide bonds. The van der Waals surface area contributed by atoms with Gasteiger partial charge in [0.05, 0.1) is 5.75 Å². The molecule has 2 rings (SSSR count). The first-order chi connectivity index (χ1) is 8.29. The zero-order valence-electron chi connectivity index (χ0n) is 8.91. The lowest BCUT2D eigenvalue weighted by molar-refractivity contribution is 0.425. The van der Waals surface area contributed by atoms with Crippen LogP contribution in [-0.2, 0) is 5.75 Å². The molecule has 4 N–H and O–H groups in total. The Morgan fingerprint density at radius 1 is 1.35 bits per heavy atom. The Kier molecular flexibility index (Phi) is 3.61. The van der Waals surface area contributed by atoms with Crippen LogP contribution in [0.4, 0.5) is 0 Å². The summed E-state index contributed by atoms with van der Waals surface area (Å²) >= 11 is 1.26. The van der Waals surface area contributed by atoms with Gasteiger partial charge in [0.1, 0.15) is 0 Å². The molecule has 88 valence electrons. The molecule has 7 heteroatoms. The van der Waals surface area contributed by atoms with Crippen molar-refractivity contribution in [3.8, 4) is 11.5 Å². The molecule has 0 unspecified atom stereocenters. The fourth-order valence-corrected chi connectivity index (χ4v) is 1.66. The van der Waals surface area contributed by atoms with Crippen molar-refractivity contribution in [2.75, 3.05) is 0 Å². The fraction of sp³-hybridized carbons (Fsp3) is 0.100. The van der Waals surface area contributed by atoms with Gasteiger partial charge in [-0.2, -0.15) is 10.1 Å². The first-order valence-corrected chi connectivity index (χ1v) is 5.82. The monoisotopic (exact) mass is 249 g/mol. The average Bonchev–Trinajstić information content (AvgIpc) is 2.86. The van der Waals surface area contributed by atoms with Gasteiger partial charge in [-0.1, -0.05) is 35.1 Å². The Hall–Kier alpha value is -2.02. The highest BCUT2D eigenvalue weighted by atomic mass is 32.2. The minimum atomic E-state index is 0.288. The van der Waals surface area contributed by atoms with E-state index in [0.717, 1.165) is 5.56 Å². The van der Waals surface area contributed by atoms with Crippen LogP contribution in [0.15, 0.2) is 40.0 Å². The summed E-state index contributed by atoms with van der Waals surface area (Å²) < 4.78 is 5.13. The highest BCUT2D eigenvalue weighted by Gasteiger charge is 2.08. The van der Waals surface area contributed by atoms with Crippen LogP contribution in [0.3, 0.4) is 0 Å². The number of hydrogen-bond acceptors (Lipinski definition) is 6. The van der Waals surface area contributed by atoms with E-state index in [9.17, 15) is 0 Å². The predicted octanol–water partition coefficient (Wildman–Crippen LogP) is 1.16. The number of rotatable bonds is 3. The van der Waals surface area contributed by atoms with E-state index in [0.29, 0.717) is 17.5 Å². The van der Waals surface area contributed by atoms with Crippen LogP contribution in [0, 0.1) is 0 Å². The maximum Gasteiger partial charge on any atom is 0.257 e. The van der Waals surface area contributed by atoms with Gasteiger partial charge in [0.2, 0.25) is 0 Å². The second-order valence-corrected chi connectivity index (χ2v) is 4.13. The number of nitrogens with two attached hydrogens (primary N) is 2. The molecule has 0 saturated carbocycles. The van der Waals surface area contributed by atoms with Crippen molar-refractivity contribution in [1.29, 1.82) is 0 Å². The SMILES string of the molecule is NN=C(N)SCc1noc(-c2ccccc2)n1. The summed E-state index contributed by atoms with van der Waals surface area (Å²) in [5.41, 5.74) is 6.33. The van der Waals surface area contributed by atoms with E-state index in [4.69, 9.17) is 16.1 Å². The highest BCUT2D eigenvalue weighted by Crippen LogP contribution is 2.17. The standard InChI is InChI=1S/C10H11N5OS/c11-10(14-12)17-6-8-13-9(16-15-8)7-4-2-1-3-5-7/h1-5H,6,12H2,(H2,11,14). The third-order valence-corrected chi connectivity index (χ3v) is 2.77. The van der Waals surface area contributed by atoms with Crippen molar-refractivity contribution in [1.82, 2.24) is 10.1 Å². The molecule has 1 heterocycles. The molecule has 0 aliphatic carbocycles. The molecular weight excluding hydrogens is 238 g/mol. The molecule has 0 bridgehead atoms. The maximum absolute atomic E-state index is 5.44. The van der Waals surface area contributed by atoms with Gasteiger partial charge in [-0.25, -0.2) is 0 Å². The van der Waals surface area contributed by atoms with Gasteiger partial charge in [0, 0.05) is 5.56 Å². The van der Waals surface area contributed by atoms with Crippen LogP contribution in [0.5, 0.6) is 0 Å². The first-order valence-electron chi connectivity index (χ1n) is 4.84. The fourth-order valence-electron chi connectivity index (χ4n) is 1.19. The number of hydrogen-bond donors (Lipinski definition) is 2. The van der Waals surface area contributed by atoms with Crippen LogP contribution < -0.4 is 11.6 Å². The molecule has 0 spiro atoms. The zero-order chi connectivity index (χ0) is 12.1. The minimum Gasteiger partial charge on any atom is -0.377 e. The topological polar surface area (TPSA) is 103 Å². The quantitative estimate of drug-likeness (QED) is 0.366. The number of thioether (sulfide) groups is 1. The van der Waals surface area contributed by atoms with Gasteiger partial charge >= 0.3 is 0 Å². The van der Waals surface area contributed by atoms with Crippen molar-refractivity contribution < 1.29 is 4.52 Å². The largest absolute Gasteiger partial charge is 0.377 e. The molecule has 0 radical (unpaired) electrons. The first kappa shape index (κ1) is 11.5. The molecule has 1 aromatic heterocycles. The Morgan fingerprint density at radius 3 is 2.82 bits per heavy atom. The van der Waals surface area contributed by atoms with Gasteiger partial charge in [-0.15, -0.1) is 0 Å². The predicted molar refractivity (Wildman–Crippen MR) is 66.8 cm³/mol. The van der Waals surface area contributed by atoms with Crippen LogP contribution in [0.2, 0.25) is 0 Å². The molecule has 2 aromatic rings. The van der Waals surface area contributed by atoms with Gasteiger partial charge < -0.3 is 16.1 Å². The summed E-state index contributed by atoms with van der Waals surface area (Å²) in [5.74, 6) is 6.53. The highest BCUT2D eigenvalue weighted by molar-refractivity contribution is 8.13. The van der Waals surface area contributed by atoms with Gasteiger partial charge in [0.15, 0.2) is 11.0 Å². The summed E-state index contributed by atoms with van der Waals surface area (Å²) in [4.78, 5) is 4.24. The average molecular weight is 249 g/mol. The summed E-state index contributed by atoms with van der Waals surface area (Å²) in [5, 5.41) is 7.47.